The first kappa shape index (κ1) is 10.6. The molecule has 2 N–H and O–H groups in total. The third-order valence-corrected chi connectivity index (χ3v) is 2.84. The highest BCUT2D eigenvalue weighted by Gasteiger charge is 2.24. The summed E-state index contributed by atoms with van der Waals surface area (Å²) in [5.74, 6) is 1.73. The summed E-state index contributed by atoms with van der Waals surface area (Å²) in [6.07, 6.45) is 2.31. The van der Waals surface area contributed by atoms with E-state index >= 15 is 0 Å². The summed E-state index contributed by atoms with van der Waals surface area (Å²) in [4.78, 5) is 6.58. The number of aromatic nitrogens is 2. The van der Waals surface area contributed by atoms with E-state index in [1.165, 1.54) is 6.42 Å². The first-order valence-electron chi connectivity index (χ1n) is 5.39. The number of nitrogens with two attached hydrogens (primary N) is 1. The van der Waals surface area contributed by atoms with Crippen LogP contribution in [-0.2, 0) is 6.54 Å². The summed E-state index contributed by atoms with van der Waals surface area (Å²) < 4.78 is 5.02. The fraction of sp³-hybridized carbons (Fsp3) is 0.778. The van der Waals surface area contributed by atoms with Crippen LogP contribution in [-0.4, -0.2) is 35.5 Å². The molecule has 0 amide bonds. The molecule has 1 fully saturated rings. The van der Waals surface area contributed by atoms with E-state index in [0.717, 1.165) is 25.3 Å². The highest BCUT2D eigenvalue weighted by Crippen LogP contribution is 2.24. The number of nitrogens with zero attached hydrogens (tertiary/aromatic N) is 3. The smallest absolute Gasteiger partial charge is 0.240 e. The van der Waals surface area contributed by atoms with Gasteiger partial charge in [-0.3, -0.25) is 0 Å². The van der Waals surface area contributed by atoms with E-state index in [2.05, 4.69) is 29.2 Å². The van der Waals surface area contributed by atoms with E-state index in [9.17, 15) is 0 Å². The lowest BCUT2D eigenvalue weighted by Crippen LogP contribution is -2.36. The largest absolute Gasteiger partial charge is 0.346 e. The van der Waals surface area contributed by atoms with Gasteiger partial charge in [-0.05, 0) is 25.9 Å². The SMILES string of the molecule is C[B]N1CCCC(c2noc(CN)n2)C1. The molecule has 1 saturated heterocycles. The van der Waals surface area contributed by atoms with Gasteiger partial charge >= 0.3 is 0 Å². The van der Waals surface area contributed by atoms with Gasteiger partial charge in [0.1, 0.15) is 0 Å². The monoisotopic (exact) mass is 207 g/mol. The van der Waals surface area contributed by atoms with E-state index in [0.29, 0.717) is 18.4 Å². The Balaban J connectivity index is 2.03. The molecule has 5 nitrogen and oxygen atoms in total. The number of piperidine rings is 1. The third kappa shape index (κ3) is 2.38. The maximum Gasteiger partial charge on any atom is 0.240 e. The van der Waals surface area contributed by atoms with Crippen LogP contribution in [0.2, 0.25) is 6.82 Å². The second kappa shape index (κ2) is 4.76. The maximum atomic E-state index is 5.43. The predicted molar refractivity (Wildman–Crippen MR) is 57.4 cm³/mol. The Bertz CT molecular complexity index is 317. The molecule has 1 radical (unpaired) electrons. The van der Waals surface area contributed by atoms with Crippen molar-refractivity contribution in [1.29, 1.82) is 0 Å². The standard InChI is InChI=1S/C9H16BN4O/c1-10-14-4-2-3-7(6-14)9-12-8(5-11)15-13-9/h7H,2-6,11H2,1H3. The Hall–Kier alpha value is -0.875. The molecule has 1 aliphatic rings. The predicted octanol–water partition coefficient (Wildman–Crippen LogP) is 0.375. The third-order valence-electron chi connectivity index (χ3n) is 2.84. The van der Waals surface area contributed by atoms with Gasteiger partial charge in [0, 0.05) is 5.92 Å². The molecular weight excluding hydrogens is 191 g/mol. The van der Waals surface area contributed by atoms with Crippen molar-refractivity contribution in [3.63, 3.8) is 0 Å². The lowest BCUT2D eigenvalue weighted by Gasteiger charge is -2.29. The number of rotatable bonds is 3. The first-order valence-corrected chi connectivity index (χ1v) is 5.39. The summed E-state index contributed by atoms with van der Waals surface area (Å²) in [5, 5.41) is 3.97. The van der Waals surface area contributed by atoms with Crippen LogP contribution < -0.4 is 5.73 Å². The Morgan fingerprint density at radius 3 is 3.20 bits per heavy atom. The minimum atomic E-state index is 0.323. The topological polar surface area (TPSA) is 68.2 Å². The fourth-order valence-electron chi connectivity index (χ4n) is 1.97. The van der Waals surface area contributed by atoms with Crippen molar-refractivity contribution in [3.8, 4) is 0 Å². The zero-order valence-electron chi connectivity index (χ0n) is 9.02. The fourth-order valence-corrected chi connectivity index (χ4v) is 1.97. The van der Waals surface area contributed by atoms with E-state index < -0.39 is 0 Å². The normalized spacial score (nSPS) is 22.9. The van der Waals surface area contributed by atoms with E-state index in [4.69, 9.17) is 10.3 Å². The van der Waals surface area contributed by atoms with Crippen molar-refractivity contribution in [1.82, 2.24) is 15.0 Å². The van der Waals surface area contributed by atoms with Gasteiger partial charge in [-0.15, -0.1) is 0 Å². The number of hydrogen-bond donors (Lipinski definition) is 1. The van der Waals surface area contributed by atoms with Crippen LogP contribution in [0.3, 0.4) is 0 Å². The van der Waals surface area contributed by atoms with Gasteiger partial charge in [-0.1, -0.05) is 12.0 Å². The quantitative estimate of drug-likeness (QED) is 0.725. The Labute approximate surface area is 90.3 Å². The minimum Gasteiger partial charge on any atom is -0.346 e. The van der Waals surface area contributed by atoms with Crippen molar-refractivity contribution in [2.75, 3.05) is 13.1 Å². The van der Waals surface area contributed by atoms with Crippen LogP contribution in [0, 0.1) is 0 Å². The van der Waals surface area contributed by atoms with Crippen molar-refractivity contribution in [2.45, 2.75) is 32.1 Å². The van der Waals surface area contributed by atoms with Crippen molar-refractivity contribution >= 4 is 7.41 Å². The molecule has 0 aliphatic carbocycles. The molecule has 81 valence electrons. The zero-order valence-corrected chi connectivity index (χ0v) is 9.02. The first-order chi connectivity index (χ1) is 7.33. The lowest BCUT2D eigenvalue weighted by molar-refractivity contribution is 0.307. The Morgan fingerprint density at radius 2 is 2.53 bits per heavy atom. The van der Waals surface area contributed by atoms with E-state index in [-0.39, 0.29) is 0 Å². The molecule has 0 saturated carbocycles. The zero-order chi connectivity index (χ0) is 10.7. The molecular formula is C9H16BN4O. The van der Waals surface area contributed by atoms with Gasteiger partial charge in [0.05, 0.1) is 6.54 Å². The Morgan fingerprint density at radius 1 is 1.67 bits per heavy atom. The highest BCUT2D eigenvalue weighted by molar-refractivity contribution is 6.29. The van der Waals surface area contributed by atoms with Crippen LogP contribution >= 0.6 is 0 Å². The molecule has 1 unspecified atom stereocenters. The molecule has 1 aromatic rings. The molecule has 2 rings (SSSR count). The van der Waals surface area contributed by atoms with Crippen LogP contribution in [0.1, 0.15) is 30.5 Å². The van der Waals surface area contributed by atoms with Crippen LogP contribution in [0.15, 0.2) is 4.52 Å². The summed E-state index contributed by atoms with van der Waals surface area (Å²) >= 11 is 0. The molecule has 0 spiro atoms. The summed E-state index contributed by atoms with van der Waals surface area (Å²) in [6.45, 7) is 4.50. The van der Waals surface area contributed by atoms with Gasteiger partial charge in [0.2, 0.25) is 13.3 Å². The molecule has 1 aromatic heterocycles. The van der Waals surface area contributed by atoms with Crippen molar-refractivity contribution < 1.29 is 4.52 Å². The molecule has 2 heterocycles. The summed E-state index contributed by atoms with van der Waals surface area (Å²) in [7, 11) is 2.12. The van der Waals surface area contributed by atoms with E-state index in [1.54, 1.807) is 0 Å². The summed E-state index contributed by atoms with van der Waals surface area (Å²) in [6, 6.07) is 0. The molecule has 1 aliphatic heterocycles. The van der Waals surface area contributed by atoms with Crippen molar-refractivity contribution in [3.05, 3.63) is 11.7 Å². The van der Waals surface area contributed by atoms with Gasteiger partial charge in [0.25, 0.3) is 0 Å². The Kier molecular flexibility index (Phi) is 3.38. The van der Waals surface area contributed by atoms with Crippen LogP contribution in [0.4, 0.5) is 0 Å². The molecule has 0 aromatic carbocycles. The second-order valence-corrected chi connectivity index (χ2v) is 3.84. The second-order valence-electron chi connectivity index (χ2n) is 3.84. The number of hydrogen-bond acceptors (Lipinski definition) is 5. The van der Waals surface area contributed by atoms with Crippen molar-refractivity contribution in [2.24, 2.45) is 5.73 Å². The summed E-state index contributed by atoms with van der Waals surface area (Å²) in [5.41, 5.74) is 5.43. The molecule has 0 bridgehead atoms. The van der Waals surface area contributed by atoms with Crippen LogP contribution in [0.5, 0.6) is 0 Å². The average Bonchev–Trinajstić information content (AvgIpc) is 2.78. The van der Waals surface area contributed by atoms with Gasteiger partial charge in [-0.2, -0.15) is 4.98 Å². The average molecular weight is 207 g/mol. The van der Waals surface area contributed by atoms with E-state index in [1.807, 2.05) is 0 Å². The molecule has 15 heavy (non-hydrogen) atoms. The molecule has 1 atom stereocenters. The molecule has 6 heteroatoms. The lowest BCUT2D eigenvalue weighted by atomic mass is 9.87. The highest BCUT2D eigenvalue weighted by atomic mass is 16.5. The van der Waals surface area contributed by atoms with Gasteiger partial charge in [-0.25, -0.2) is 0 Å². The van der Waals surface area contributed by atoms with Gasteiger partial charge < -0.3 is 15.1 Å². The minimum absolute atomic E-state index is 0.323. The maximum absolute atomic E-state index is 5.43. The van der Waals surface area contributed by atoms with Gasteiger partial charge in [0.15, 0.2) is 5.82 Å². The van der Waals surface area contributed by atoms with Crippen LogP contribution in [0.25, 0.3) is 0 Å².